The van der Waals surface area contributed by atoms with Crippen LogP contribution in [0.25, 0.3) is 0 Å². The molecule has 2 aliphatic rings. The Labute approximate surface area is 110 Å². The van der Waals surface area contributed by atoms with Crippen LogP contribution in [-0.4, -0.2) is 52.6 Å². The summed E-state index contributed by atoms with van der Waals surface area (Å²) in [4.78, 5) is 0. The molecule has 0 saturated carbocycles. The molecular formula is C13H16O6. The fraction of sp³-hybridized carbons (Fsp3) is 0.538. The van der Waals surface area contributed by atoms with E-state index in [1.165, 1.54) is 0 Å². The molecule has 1 aromatic carbocycles. The Morgan fingerprint density at radius 1 is 0.947 bits per heavy atom. The molecule has 19 heavy (non-hydrogen) atoms. The number of ether oxygens (including phenoxy) is 3. The molecule has 2 fully saturated rings. The molecule has 2 saturated heterocycles. The van der Waals surface area contributed by atoms with E-state index >= 15 is 0 Å². The Balaban J connectivity index is 1.77. The molecule has 3 rings (SSSR count). The minimum atomic E-state index is -1.19. The third-order valence-corrected chi connectivity index (χ3v) is 3.43. The smallest absolute Gasteiger partial charge is 0.190 e. The molecule has 2 heterocycles. The maximum Gasteiger partial charge on any atom is 0.190 e. The fourth-order valence-electron chi connectivity index (χ4n) is 2.37. The van der Waals surface area contributed by atoms with Crippen LogP contribution in [0, 0.1) is 0 Å². The van der Waals surface area contributed by atoms with Crippen molar-refractivity contribution in [3.63, 3.8) is 0 Å². The molecule has 1 aromatic rings. The van der Waals surface area contributed by atoms with Crippen LogP contribution in [0.1, 0.15) is 11.9 Å². The van der Waals surface area contributed by atoms with E-state index in [2.05, 4.69) is 0 Å². The summed E-state index contributed by atoms with van der Waals surface area (Å²) in [5.74, 6) is 0. The van der Waals surface area contributed by atoms with Gasteiger partial charge in [-0.3, -0.25) is 0 Å². The highest BCUT2D eigenvalue weighted by Gasteiger charge is 2.51. The second-order valence-corrected chi connectivity index (χ2v) is 4.69. The first-order chi connectivity index (χ1) is 9.20. The van der Waals surface area contributed by atoms with Gasteiger partial charge in [0.15, 0.2) is 12.6 Å². The molecule has 0 bridgehead atoms. The molecule has 0 aliphatic carbocycles. The average molecular weight is 268 g/mol. The molecular weight excluding hydrogens is 252 g/mol. The number of hydrogen-bond acceptors (Lipinski definition) is 6. The highest BCUT2D eigenvalue weighted by molar-refractivity contribution is 5.17. The van der Waals surface area contributed by atoms with Crippen LogP contribution in [0.5, 0.6) is 0 Å². The summed E-state index contributed by atoms with van der Waals surface area (Å²) in [6, 6.07) is 9.27. The molecule has 0 aromatic heterocycles. The first-order valence-electron chi connectivity index (χ1n) is 6.19. The van der Waals surface area contributed by atoms with Gasteiger partial charge in [-0.15, -0.1) is 0 Å². The second-order valence-electron chi connectivity index (χ2n) is 4.69. The SMILES string of the molecule is OC[C@H]1O[C@@H]2O[C@H](c3ccccc3)O[C@@H]2[C@@H](O)[C@@H]1O. The Morgan fingerprint density at radius 2 is 1.68 bits per heavy atom. The van der Waals surface area contributed by atoms with E-state index in [1.807, 2.05) is 30.3 Å². The molecule has 2 aliphatic heterocycles. The Kier molecular flexibility index (Phi) is 3.53. The Morgan fingerprint density at radius 3 is 2.37 bits per heavy atom. The van der Waals surface area contributed by atoms with Crippen LogP contribution < -0.4 is 0 Å². The van der Waals surface area contributed by atoms with Crippen molar-refractivity contribution in [2.45, 2.75) is 37.0 Å². The van der Waals surface area contributed by atoms with Crippen molar-refractivity contribution in [1.29, 1.82) is 0 Å². The van der Waals surface area contributed by atoms with Gasteiger partial charge in [-0.05, 0) is 0 Å². The van der Waals surface area contributed by atoms with Crippen molar-refractivity contribution >= 4 is 0 Å². The lowest BCUT2D eigenvalue weighted by Crippen LogP contribution is -2.57. The minimum Gasteiger partial charge on any atom is -0.394 e. The zero-order chi connectivity index (χ0) is 13.4. The number of aliphatic hydroxyl groups excluding tert-OH is 3. The topological polar surface area (TPSA) is 88.4 Å². The highest BCUT2D eigenvalue weighted by atomic mass is 16.8. The second kappa shape index (κ2) is 5.16. The van der Waals surface area contributed by atoms with Crippen LogP contribution in [0.15, 0.2) is 30.3 Å². The Bertz CT molecular complexity index is 424. The monoisotopic (exact) mass is 268 g/mol. The largest absolute Gasteiger partial charge is 0.394 e. The summed E-state index contributed by atoms with van der Waals surface area (Å²) in [5, 5.41) is 28.8. The number of hydrogen-bond donors (Lipinski definition) is 3. The Hall–Kier alpha value is -1.02. The van der Waals surface area contributed by atoms with E-state index in [1.54, 1.807) is 0 Å². The number of aliphatic hydroxyl groups is 3. The minimum absolute atomic E-state index is 0.388. The van der Waals surface area contributed by atoms with Crippen molar-refractivity contribution < 1.29 is 29.5 Å². The molecule has 6 atom stereocenters. The van der Waals surface area contributed by atoms with E-state index in [4.69, 9.17) is 19.3 Å². The van der Waals surface area contributed by atoms with E-state index in [9.17, 15) is 10.2 Å². The van der Waals surface area contributed by atoms with Crippen LogP contribution >= 0.6 is 0 Å². The third-order valence-electron chi connectivity index (χ3n) is 3.43. The summed E-state index contributed by atoms with van der Waals surface area (Å²) in [5.41, 5.74) is 0.808. The summed E-state index contributed by atoms with van der Waals surface area (Å²) >= 11 is 0. The van der Waals surface area contributed by atoms with Gasteiger partial charge in [0.2, 0.25) is 0 Å². The van der Waals surface area contributed by atoms with Gasteiger partial charge in [0.25, 0.3) is 0 Å². The molecule has 6 nitrogen and oxygen atoms in total. The predicted molar refractivity (Wildman–Crippen MR) is 62.9 cm³/mol. The maximum absolute atomic E-state index is 9.97. The van der Waals surface area contributed by atoms with Crippen molar-refractivity contribution in [3.8, 4) is 0 Å². The van der Waals surface area contributed by atoms with Gasteiger partial charge in [0.1, 0.15) is 24.4 Å². The maximum atomic E-state index is 9.97. The van der Waals surface area contributed by atoms with E-state index in [0.717, 1.165) is 5.56 Å². The van der Waals surface area contributed by atoms with Gasteiger partial charge < -0.3 is 29.5 Å². The molecule has 0 amide bonds. The first kappa shape index (κ1) is 13.0. The standard InChI is InChI=1S/C13H16O6/c14-6-8-9(15)10(16)11-13(17-8)19-12(18-11)7-4-2-1-3-5-7/h1-5,8-16H,6H2/t8-,9-,10+,11-,12-,13-/m1/s1. The molecule has 104 valence electrons. The fourth-order valence-corrected chi connectivity index (χ4v) is 2.37. The van der Waals surface area contributed by atoms with Crippen molar-refractivity contribution in [1.82, 2.24) is 0 Å². The summed E-state index contributed by atoms with van der Waals surface area (Å²) in [7, 11) is 0. The van der Waals surface area contributed by atoms with Crippen LogP contribution in [0.3, 0.4) is 0 Å². The van der Waals surface area contributed by atoms with E-state index in [0.29, 0.717) is 0 Å². The lowest BCUT2D eigenvalue weighted by atomic mass is 9.99. The average Bonchev–Trinajstić information content (AvgIpc) is 2.88. The molecule has 0 radical (unpaired) electrons. The van der Waals surface area contributed by atoms with Gasteiger partial charge in [-0.2, -0.15) is 0 Å². The van der Waals surface area contributed by atoms with Crippen molar-refractivity contribution in [2.24, 2.45) is 0 Å². The van der Waals surface area contributed by atoms with Crippen LogP contribution in [0.4, 0.5) is 0 Å². The zero-order valence-electron chi connectivity index (χ0n) is 10.1. The quantitative estimate of drug-likeness (QED) is 0.672. The third kappa shape index (κ3) is 2.27. The van der Waals surface area contributed by atoms with Crippen LogP contribution in [-0.2, 0) is 14.2 Å². The zero-order valence-corrected chi connectivity index (χ0v) is 10.1. The lowest BCUT2D eigenvalue weighted by Gasteiger charge is -2.36. The molecule has 0 unspecified atom stereocenters. The van der Waals surface area contributed by atoms with Gasteiger partial charge in [-0.25, -0.2) is 0 Å². The van der Waals surface area contributed by atoms with Crippen molar-refractivity contribution in [3.05, 3.63) is 35.9 Å². The van der Waals surface area contributed by atoms with Gasteiger partial charge in [-0.1, -0.05) is 30.3 Å². The number of rotatable bonds is 2. The number of benzene rings is 1. The van der Waals surface area contributed by atoms with Crippen LogP contribution in [0.2, 0.25) is 0 Å². The molecule has 3 N–H and O–H groups in total. The number of fused-ring (bicyclic) bond motifs is 1. The first-order valence-corrected chi connectivity index (χ1v) is 6.19. The summed E-state index contributed by atoms with van der Waals surface area (Å²) in [6.07, 6.45) is -5.40. The van der Waals surface area contributed by atoms with Crippen molar-refractivity contribution in [2.75, 3.05) is 6.61 Å². The predicted octanol–water partition coefficient (Wildman–Crippen LogP) is -0.460. The lowest BCUT2D eigenvalue weighted by molar-refractivity contribution is -0.253. The van der Waals surface area contributed by atoms with E-state index < -0.39 is 37.0 Å². The van der Waals surface area contributed by atoms with Gasteiger partial charge >= 0.3 is 0 Å². The van der Waals surface area contributed by atoms with E-state index in [-0.39, 0.29) is 6.61 Å². The van der Waals surface area contributed by atoms with Gasteiger partial charge in [0.05, 0.1) is 6.61 Å². The normalized spacial score (nSPS) is 42.1. The molecule has 6 heteroatoms. The highest BCUT2D eigenvalue weighted by Crippen LogP contribution is 2.37. The summed E-state index contributed by atoms with van der Waals surface area (Å²) in [6.45, 7) is -0.388. The molecule has 0 spiro atoms. The van der Waals surface area contributed by atoms with Gasteiger partial charge in [0, 0.05) is 5.56 Å². The summed E-state index contributed by atoms with van der Waals surface area (Å²) < 4.78 is 16.6.